The van der Waals surface area contributed by atoms with Crippen molar-refractivity contribution >= 4 is 5.91 Å². The summed E-state index contributed by atoms with van der Waals surface area (Å²) in [6.07, 6.45) is 0. The van der Waals surface area contributed by atoms with Gasteiger partial charge in [-0.25, -0.2) is 4.39 Å². The molecule has 2 aromatic rings. The summed E-state index contributed by atoms with van der Waals surface area (Å²) in [5.41, 5.74) is 1.54. The smallest absolute Gasteiger partial charge is 0.253 e. The lowest BCUT2D eigenvalue weighted by molar-refractivity contribution is 0.0784. The minimum absolute atomic E-state index is 0.155. The van der Waals surface area contributed by atoms with Crippen molar-refractivity contribution in [3.05, 3.63) is 65.0 Å². The van der Waals surface area contributed by atoms with E-state index in [-0.39, 0.29) is 17.5 Å². The molecule has 0 aliphatic carbocycles. The number of carbonyl (C=O) groups excluding carboxylic acids is 1. The van der Waals surface area contributed by atoms with Gasteiger partial charge in [0.15, 0.2) is 0 Å². The molecule has 0 spiro atoms. The monoisotopic (exact) mass is 273 g/mol. The van der Waals surface area contributed by atoms with E-state index in [0.29, 0.717) is 23.2 Å². The Kier molecular flexibility index (Phi) is 4.03. The van der Waals surface area contributed by atoms with Crippen LogP contribution in [0.1, 0.15) is 21.5 Å². The summed E-state index contributed by atoms with van der Waals surface area (Å²) in [6.45, 7) is 1.91. The zero-order chi connectivity index (χ0) is 14.7. The van der Waals surface area contributed by atoms with E-state index in [9.17, 15) is 14.3 Å². The molecule has 0 fully saturated rings. The highest BCUT2D eigenvalue weighted by Gasteiger charge is 2.14. The van der Waals surface area contributed by atoms with Crippen LogP contribution in [0.2, 0.25) is 0 Å². The fourth-order valence-corrected chi connectivity index (χ4v) is 1.97. The third-order valence-electron chi connectivity index (χ3n) is 3.15. The van der Waals surface area contributed by atoms with Gasteiger partial charge in [-0.2, -0.15) is 0 Å². The number of rotatable bonds is 3. The Balaban J connectivity index is 2.16. The van der Waals surface area contributed by atoms with Crippen molar-refractivity contribution in [2.75, 3.05) is 7.05 Å². The summed E-state index contributed by atoms with van der Waals surface area (Å²) >= 11 is 0. The summed E-state index contributed by atoms with van der Waals surface area (Å²) in [6, 6.07) is 11.1. The minimum atomic E-state index is -0.329. The second-order valence-electron chi connectivity index (χ2n) is 4.75. The van der Waals surface area contributed by atoms with E-state index in [2.05, 4.69) is 0 Å². The highest BCUT2D eigenvalue weighted by molar-refractivity contribution is 5.94. The number of benzene rings is 2. The van der Waals surface area contributed by atoms with Gasteiger partial charge in [0.05, 0.1) is 0 Å². The average molecular weight is 273 g/mol. The van der Waals surface area contributed by atoms with E-state index in [1.54, 1.807) is 38.2 Å². The first kappa shape index (κ1) is 14.1. The summed E-state index contributed by atoms with van der Waals surface area (Å²) in [7, 11) is 1.65. The number of aromatic hydroxyl groups is 1. The molecule has 0 saturated heterocycles. The van der Waals surface area contributed by atoms with Gasteiger partial charge < -0.3 is 10.0 Å². The Bertz CT molecular complexity index is 640. The van der Waals surface area contributed by atoms with Gasteiger partial charge in [-0.15, -0.1) is 0 Å². The molecule has 4 heteroatoms. The van der Waals surface area contributed by atoms with Crippen molar-refractivity contribution in [2.45, 2.75) is 13.5 Å². The molecule has 1 N–H and O–H groups in total. The molecule has 0 heterocycles. The molecular weight excluding hydrogens is 257 g/mol. The Morgan fingerprint density at radius 2 is 1.95 bits per heavy atom. The molecule has 0 aliphatic rings. The molecule has 104 valence electrons. The van der Waals surface area contributed by atoms with Crippen LogP contribution in [0.5, 0.6) is 5.75 Å². The van der Waals surface area contributed by atoms with E-state index in [4.69, 9.17) is 0 Å². The van der Waals surface area contributed by atoms with Crippen molar-refractivity contribution in [2.24, 2.45) is 0 Å². The average Bonchev–Trinajstić information content (AvgIpc) is 2.43. The highest BCUT2D eigenvalue weighted by atomic mass is 19.1. The predicted octanol–water partition coefficient (Wildman–Crippen LogP) is 3.11. The molecule has 2 aromatic carbocycles. The molecule has 0 aliphatic heterocycles. The quantitative estimate of drug-likeness (QED) is 0.933. The number of carbonyl (C=O) groups is 1. The molecule has 0 unspecified atom stereocenters. The Morgan fingerprint density at radius 1 is 1.25 bits per heavy atom. The lowest BCUT2D eigenvalue weighted by atomic mass is 10.1. The van der Waals surface area contributed by atoms with Crippen LogP contribution in [-0.2, 0) is 6.54 Å². The zero-order valence-electron chi connectivity index (χ0n) is 11.4. The number of para-hydroxylation sites is 1. The predicted molar refractivity (Wildman–Crippen MR) is 75.0 cm³/mol. The first-order valence-electron chi connectivity index (χ1n) is 6.27. The molecule has 2 rings (SSSR count). The largest absolute Gasteiger partial charge is 0.508 e. The molecule has 0 bridgehead atoms. The second kappa shape index (κ2) is 5.74. The first-order valence-corrected chi connectivity index (χ1v) is 6.27. The van der Waals surface area contributed by atoms with Crippen LogP contribution in [0.4, 0.5) is 4.39 Å². The number of phenols is 1. The van der Waals surface area contributed by atoms with Crippen LogP contribution in [-0.4, -0.2) is 23.0 Å². The van der Waals surface area contributed by atoms with Gasteiger partial charge in [0.1, 0.15) is 11.6 Å². The molecule has 0 atom stereocenters. The molecule has 0 aromatic heterocycles. The summed E-state index contributed by atoms with van der Waals surface area (Å²) < 4.78 is 13.2. The standard InChI is InChI=1S/C16H16FNO2/c1-11-9-12(7-8-14(11)17)16(20)18(2)10-13-5-3-4-6-15(13)19/h3-9,19H,10H2,1-2H3. The maximum atomic E-state index is 13.2. The lowest BCUT2D eigenvalue weighted by Gasteiger charge is -2.18. The number of amides is 1. The maximum Gasteiger partial charge on any atom is 0.253 e. The fraction of sp³-hybridized carbons (Fsp3) is 0.188. The van der Waals surface area contributed by atoms with E-state index in [1.165, 1.54) is 23.1 Å². The second-order valence-corrected chi connectivity index (χ2v) is 4.75. The van der Waals surface area contributed by atoms with E-state index >= 15 is 0 Å². The van der Waals surface area contributed by atoms with Gasteiger partial charge in [-0.3, -0.25) is 4.79 Å². The van der Waals surface area contributed by atoms with Crippen LogP contribution >= 0.6 is 0 Å². The van der Waals surface area contributed by atoms with Gasteiger partial charge >= 0.3 is 0 Å². The van der Waals surface area contributed by atoms with Crippen molar-refractivity contribution < 1.29 is 14.3 Å². The topological polar surface area (TPSA) is 40.5 Å². The number of halogens is 1. The first-order chi connectivity index (χ1) is 9.49. The van der Waals surface area contributed by atoms with Crippen LogP contribution < -0.4 is 0 Å². The lowest BCUT2D eigenvalue weighted by Crippen LogP contribution is -2.26. The molecule has 0 saturated carbocycles. The van der Waals surface area contributed by atoms with Crippen LogP contribution in [0, 0.1) is 12.7 Å². The number of nitrogens with zero attached hydrogens (tertiary/aromatic N) is 1. The normalized spacial score (nSPS) is 10.3. The maximum absolute atomic E-state index is 13.2. The third kappa shape index (κ3) is 2.96. The van der Waals surface area contributed by atoms with Crippen molar-refractivity contribution in [1.29, 1.82) is 0 Å². The molecule has 1 amide bonds. The molecule has 0 radical (unpaired) electrons. The third-order valence-corrected chi connectivity index (χ3v) is 3.15. The van der Waals surface area contributed by atoms with Gasteiger partial charge in [0.25, 0.3) is 5.91 Å². The zero-order valence-corrected chi connectivity index (χ0v) is 11.4. The van der Waals surface area contributed by atoms with E-state index in [0.717, 1.165) is 0 Å². The fourth-order valence-electron chi connectivity index (χ4n) is 1.97. The summed E-state index contributed by atoms with van der Waals surface area (Å²) in [5, 5.41) is 9.70. The molecule has 20 heavy (non-hydrogen) atoms. The number of hydrogen-bond acceptors (Lipinski definition) is 2. The molecular formula is C16H16FNO2. The number of phenolic OH excluding ortho intramolecular Hbond substituents is 1. The van der Waals surface area contributed by atoms with Crippen molar-refractivity contribution in [3.63, 3.8) is 0 Å². The van der Waals surface area contributed by atoms with Gasteiger partial charge in [-0.05, 0) is 36.8 Å². The van der Waals surface area contributed by atoms with Crippen molar-refractivity contribution in [3.8, 4) is 5.75 Å². The number of hydrogen-bond donors (Lipinski definition) is 1. The SMILES string of the molecule is Cc1cc(C(=O)N(C)Cc2ccccc2O)ccc1F. The van der Waals surface area contributed by atoms with Gasteiger partial charge in [-0.1, -0.05) is 18.2 Å². The van der Waals surface area contributed by atoms with Crippen LogP contribution in [0.15, 0.2) is 42.5 Å². The van der Waals surface area contributed by atoms with Gasteiger partial charge in [0.2, 0.25) is 0 Å². The van der Waals surface area contributed by atoms with Crippen molar-refractivity contribution in [1.82, 2.24) is 4.90 Å². The Morgan fingerprint density at radius 3 is 2.60 bits per heavy atom. The summed E-state index contributed by atoms with van der Waals surface area (Å²) in [5.74, 6) is -0.385. The Hall–Kier alpha value is -2.36. The minimum Gasteiger partial charge on any atom is -0.508 e. The molecule has 3 nitrogen and oxygen atoms in total. The van der Waals surface area contributed by atoms with Crippen LogP contribution in [0.25, 0.3) is 0 Å². The number of aryl methyl sites for hydroxylation is 1. The Labute approximate surface area is 117 Å². The van der Waals surface area contributed by atoms with E-state index in [1.807, 2.05) is 0 Å². The van der Waals surface area contributed by atoms with Crippen LogP contribution in [0.3, 0.4) is 0 Å². The summed E-state index contributed by atoms with van der Waals surface area (Å²) in [4.78, 5) is 13.7. The highest BCUT2D eigenvalue weighted by Crippen LogP contribution is 2.18. The van der Waals surface area contributed by atoms with E-state index < -0.39 is 0 Å². The van der Waals surface area contributed by atoms with Gasteiger partial charge in [0, 0.05) is 24.7 Å².